The van der Waals surface area contributed by atoms with E-state index in [1.165, 1.54) is 19.3 Å². The number of rotatable bonds is 7. The van der Waals surface area contributed by atoms with Crippen LogP contribution in [-0.2, 0) is 9.59 Å². The molecule has 1 saturated carbocycles. The van der Waals surface area contributed by atoms with E-state index in [4.69, 9.17) is 10.8 Å². The molecule has 0 bridgehead atoms. The van der Waals surface area contributed by atoms with Crippen molar-refractivity contribution in [3.8, 4) is 0 Å². The van der Waals surface area contributed by atoms with Crippen LogP contribution < -0.4 is 16.4 Å². The Morgan fingerprint density at radius 2 is 1.81 bits per heavy atom. The molecule has 21 heavy (non-hydrogen) atoms. The van der Waals surface area contributed by atoms with E-state index < -0.39 is 30.4 Å². The molecule has 7 heteroatoms. The summed E-state index contributed by atoms with van der Waals surface area (Å²) in [5.41, 5.74) is 4.98. The molecule has 1 fully saturated rings. The van der Waals surface area contributed by atoms with Gasteiger partial charge in [-0.05, 0) is 25.2 Å². The van der Waals surface area contributed by atoms with Crippen LogP contribution in [0.25, 0.3) is 0 Å². The Bertz CT molecular complexity index is 380. The maximum absolute atomic E-state index is 11.9. The van der Waals surface area contributed by atoms with Crippen molar-refractivity contribution in [1.82, 2.24) is 10.6 Å². The molecular weight excluding hydrogens is 274 g/mol. The SMILES string of the molecule is CCC(NC(=O)NC(CC(N)=O)C(=O)O)C1CCCCC1. The lowest BCUT2D eigenvalue weighted by atomic mass is 9.83. The molecule has 2 atom stereocenters. The van der Waals surface area contributed by atoms with Crippen molar-refractivity contribution in [2.45, 2.75) is 64.0 Å². The third-order valence-electron chi connectivity index (χ3n) is 3.98. The average Bonchev–Trinajstić information content (AvgIpc) is 2.44. The van der Waals surface area contributed by atoms with E-state index in [1.54, 1.807) is 0 Å². The quantitative estimate of drug-likeness (QED) is 0.559. The summed E-state index contributed by atoms with van der Waals surface area (Å²) in [6.07, 6.45) is 6.13. The normalized spacial score (nSPS) is 18.5. The number of nitrogens with two attached hydrogens (primary N) is 1. The molecule has 2 unspecified atom stereocenters. The van der Waals surface area contributed by atoms with E-state index >= 15 is 0 Å². The summed E-state index contributed by atoms with van der Waals surface area (Å²) in [4.78, 5) is 33.7. The van der Waals surface area contributed by atoms with Crippen molar-refractivity contribution in [1.29, 1.82) is 0 Å². The van der Waals surface area contributed by atoms with Crippen molar-refractivity contribution in [2.75, 3.05) is 0 Å². The van der Waals surface area contributed by atoms with Crippen LogP contribution in [0.4, 0.5) is 4.79 Å². The van der Waals surface area contributed by atoms with Gasteiger partial charge in [-0.15, -0.1) is 0 Å². The van der Waals surface area contributed by atoms with Gasteiger partial charge >= 0.3 is 12.0 Å². The van der Waals surface area contributed by atoms with E-state index in [-0.39, 0.29) is 6.04 Å². The first-order valence-electron chi connectivity index (χ1n) is 7.52. The van der Waals surface area contributed by atoms with Crippen LogP contribution in [-0.4, -0.2) is 35.1 Å². The van der Waals surface area contributed by atoms with E-state index in [1.807, 2.05) is 6.92 Å². The topological polar surface area (TPSA) is 122 Å². The molecule has 0 aromatic heterocycles. The minimum Gasteiger partial charge on any atom is -0.480 e. The van der Waals surface area contributed by atoms with Crippen molar-refractivity contribution >= 4 is 17.9 Å². The monoisotopic (exact) mass is 299 g/mol. The zero-order valence-electron chi connectivity index (χ0n) is 12.4. The number of hydrogen-bond donors (Lipinski definition) is 4. The second-order valence-electron chi connectivity index (χ2n) is 5.59. The minimum atomic E-state index is -1.29. The number of primary amides is 1. The number of carbonyl (C=O) groups excluding carboxylic acids is 2. The number of hydrogen-bond acceptors (Lipinski definition) is 3. The molecule has 1 rings (SSSR count). The van der Waals surface area contributed by atoms with E-state index in [0.717, 1.165) is 19.3 Å². The van der Waals surface area contributed by atoms with Gasteiger partial charge in [-0.1, -0.05) is 26.2 Å². The molecule has 0 saturated heterocycles. The Morgan fingerprint density at radius 1 is 1.19 bits per heavy atom. The summed E-state index contributed by atoms with van der Waals surface area (Å²) in [6.45, 7) is 2.00. The molecule has 1 aliphatic rings. The van der Waals surface area contributed by atoms with Crippen molar-refractivity contribution in [3.05, 3.63) is 0 Å². The third-order valence-corrected chi connectivity index (χ3v) is 3.98. The zero-order chi connectivity index (χ0) is 15.8. The molecule has 0 spiro atoms. The molecule has 120 valence electrons. The summed E-state index contributed by atoms with van der Waals surface area (Å²) in [5, 5.41) is 14.1. The van der Waals surface area contributed by atoms with E-state index in [2.05, 4.69) is 10.6 Å². The van der Waals surface area contributed by atoms with Gasteiger partial charge in [-0.25, -0.2) is 9.59 Å². The number of amides is 3. The van der Waals surface area contributed by atoms with Gasteiger partial charge in [0.1, 0.15) is 6.04 Å². The highest BCUT2D eigenvalue weighted by Crippen LogP contribution is 2.27. The highest BCUT2D eigenvalue weighted by Gasteiger charge is 2.26. The van der Waals surface area contributed by atoms with Crippen LogP contribution in [0.5, 0.6) is 0 Å². The second kappa shape index (κ2) is 8.49. The Hall–Kier alpha value is -1.79. The standard InChI is InChI=1S/C14H25N3O4/c1-2-10(9-6-4-3-5-7-9)16-14(21)17-11(13(19)20)8-12(15)18/h9-11H,2-8H2,1H3,(H2,15,18)(H,19,20)(H2,16,17,21). The van der Waals surface area contributed by atoms with Crippen LogP contribution in [0.2, 0.25) is 0 Å². The van der Waals surface area contributed by atoms with Gasteiger partial charge in [-0.3, -0.25) is 4.79 Å². The van der Waals surface area contributed by atoms with Gasteiger partial charge in [0.25, 0.3) is 0 Å². The first-order chi connectivity index (χ1) is 9.93. The van der Waals surface area contributed by atoms with Crippen molar-refractivity contribution in [2.24, 2.45) is 11.7 Å². The Kier molecular flexibility index (Phi) is 6.98. The van der Waals surface area contributed by atoms with E-state index in [0.29, 0.717) is 5.92 Å². The fourth-order valence-corrected chi connectivity index (χ4v) is 2.86. The summed E-state index contributed by atoms with van der Waals surface area (Å²) >= 11 is 0. The predicted octanol–water partition coefficient (Wildman–Crippen LogP) is 0.973. The maximum atomic E-state index is 11.9. The summed E-state index contributed by atoms with van der Waals surface area (Å²) in [6, 6.07) is -1.80. The number of aliphatic carboxylic acids is 1. The minimum absolute atomic E-state index is 0.0355. The van der Waals surface area contributed by atoms with Gasteiger partial charge in [0, 0.05) is 6.04 Å². The Morgan fingerprint density at radius 3 is 2.29 bits per heavy atom. The second-order valence-corrected chi connectivity index (χ2v) is 5.59. The molecule has 0 heterocycles. The van der Waals surface area contributed by atoms with Crippen LogP contribution in [0.15, 0.2) is 0 Å². The Labute approximate surface area is 124 Å². The molecule has 7 nitrogen and oxygen atoms in total. The van der Waals surface area contributed by atoms with Gasteiger partial charge in [0.2, 0.25) is 5.91 Å². The van der Waals surface area contributed by atoms with E-state index in [9.17, 15) is 14.4 Å². The van der Waals surface area contributed by atoms with Gasteiger partial charge < -0.3 is 21.5 Å². The molecule has 0 radical (unpaired) electrons. The first-order valence-corrected chi connectivity index (χ1v) is 7.52. The van der Waals surface area contributed by atoms with Gasteiger partial charge in [0.05, 0.1) is 6.42 Å². The predicted molar refractivity (Wildman–Crippen MR) is 77.6 cm³/mol. The number of carboxylic acids is 1. The van der Waals surface area contributed by atoms with Gasteiger partial charge in [-0.2, -0.15) is 0 Å². The van der Waals surface area contributed by atoms with Crippen LogP contribution in [0.1, 0.15) is 51.9 Å². The summed E-state index contributed by atoms with van der Waals surface area (Å²) < 4.78 is 0. The molecule has 1 aliphatic carbocycles. The summed E-state index contributed by atoms with van der Waals surface area (Å²) in [7, 11) is 0. The zero-order valence-corrected chi connectivity index (χ0v) is 12.4. The fraction of sp³-hybridized carbons (Fsp3) is 0.786. The Balaban J connectivity index is 2.52. The molecule has 0 aromatic carbocycles. The summed E-state index contributed by atoms with van der Waals surface area (Å²) in [5.74, 6) is -1.59. The third kappa shape index (κ3) is 6.01. The van der Waals surface area contributed by atoms with Crippen molar-refractivity contribution in [3.63, 3.8) is 0 Å². The first kappa shape index (κ1) is 17.3. The largest absolute Gasteiger partial charge is 0.480 e. The van der Waals surface area contributed by atoms with Crippen LogP contribution >= 0.6 is 0 Å². The maximum Gasteiger partial charge on any atom is 0.326 e. The lowest BCUT2D eigenvalue weighted by Gasteiger charge is -2.30. The van der Waals surface area contributed by atoms with Crippen molar-refractivity contribution < 1.29 is 19.5 Å². The molecule has 0 aliphatic heterocycles. The lowest BCUT2D eigenvalue weighted by molar-refractivity contribution is -0.140. The van der Waals surface area contributed by atoms with Crippen LogP contribution in [0.3, 0.4) is 0 Å². The number of nitrogens with one attached hydrogen (secondary N) is 2. The lowest BCUT2D eigenvalue weighted by Crippen LogP contribution is -2.51. The number of urea groups is 1. The van der Waals surface area contributed by atoms with Gasteiger partial charge in [0.15, 0.2) is 0 Å². The molecule has 3 amide bonds. The smallest absolute Gasteiger partial charge is 0.326 e. The molecule has 0 aromatic rings. The average molecular weight is 299 g/mol. The highest BCUT2D eigenvalue weighted by atomic mass is 16.4. The highest BCUT2D eigenvalue weighted by molar-refractivity contribution is 5.87. The fourth-order valence-electron chi connectivity index (χ4n) is 2.86. The molecular formula is C14H25N3O4. The molecule has 5 N–H and O–H groups in total. The number of carboxylic acid groups (broad SMARTS) is 1. The van der Waals surface area contributed by atoms with Crippen LogP contribution in [0, 0.1) is 5.92 Å². The number of carbonyl (C=O) groups is 3.